The normalized spacial score (nSPS) is 12.0. The Morgan fingerprint density at radius 1 is 1.24 bits per heavy atom. The van der Waals surface area contributed by atoms with Crippen LogP contribution < -0.4 is 19.5 Å². The highest BCUT2D eigenvalue weighted by Crippen LogP contribution is 2.35. The van der Waals surface area contributed by atoms with Gasteiger partial charge >= 0.3 is 0 Å². The summed E-state index contributed by atoms with van der Waals surface area (Å²) in [4.78, 5) is 12.2. The van der Waals surface area contributed by atoms with Crippen molar-refractivity contribution in [3.05, 3.63) is 42.0 Å². The summed E-state index contributed by atoms with van der Waals surface area (Å²) in [5.41, 5.74) is 0.679. The van der Waals surface area contributed by atoms with E-state index in [4.69, 9.17) is 14.2 Å². The number of phenolic OH excluding ortho intramolecular Hbond substituents is 1. The number of para-hydroxylation sites is 1. The second kappa shape index (κ2) is 5.24. The fourth-order valence-corrected chi connectivity index (χ4v) is 2.04. The zero-order chi connectivity index (χ0) is 14.8. The number of nitrogens with one attached hydrogen (secondary N) is 1. The summed E-state index contributed by atoms with van der Waals surface area (Å²) in [5, 5.41) is 12.7. The number of hydrogen-bond acceptors (Lipinski definition) is 5. The molecule has 2 aromatic rings. The van der Waals surface area contributed by atoms with Crippen LogP contribution in [0.1, 0.15) is 10.4 Å². The van der Waals surface area contributed by atoms with Gasteiger partial charge in [0.05, 0.1) is 12.7 Å². The number of carbonyl (C=O) groups excluding carboxylic acids is 1. The fourth-order valence-electron chi connectivity index (χ4n) is 2.04. The summed E-state index contributed by atoms with van der Waals surface area (Å²) in [6.45, 7) is 0.170. The fraction of sp³-hybridized carbons (Fsp3) is 0.133. The highest BCUT2D eigenvalue weighted by molar-refractivity contribution is 6.06. The number of carbonyl (C=O) groups is 1. The van der Waals surface area contributed by atoms with E-state index in [9.17, 15) is 9.90 Å². The van der Waals surface area contributed by atoms with Crippen molar-refractivity contribution in [1.82, 2.24) is 0 Å². The minimum atomic E-state index is -0.440. The molecular weight excluding hydrogens is 274 g/mol. The van der Waals surface area contributed by atoms with Crippen molar-refractivity contribution in [2.75, 3.05) is 19.2 Å². The van der Waals surface area contributed by atoms with E-state index < -0.39 is 5.91 Å². The predicted molar refractivity (Wildman–Crippen MR) is 75.2 cm³/mol. The van der Waals surface area contributed by atoms with Crippen molar-refractivity contribution >= 4 is 11.6 Å². The smallest absolute Gasteiger partial charge is 0.259 e. The number of benzene rings is 2. The zero-order valence-electron chi connectivity index (χ0n) is 11.3. The monoisotopic (exact) mass is 287 g/mol. The predicted octanol–water partition coefficient (Wildman–Crippen LogP) is 2.38. The molecule has 0 atom stereocenters. The second-order valence-corrected chi connectivity index (χ2v) is 4.38. The van der Waals surface area contributed by atoms with Gasteiger partial charge in [0, 0.05) is 11.8 Å². The Balaban J connectivity index is 1.83. The molecule has 108 valence electrons. The maximum Gasteiger partial charge on any atom is 0.259 e. The summed E-state index contributed by atoms with van der Waals surface area (Å²) in [6, 6.07) is 9.80. The third-order valence-corrected chi connectivity index (χ3v) is 3.09. The minimum absolute atomic E-state index is 0.131. The first-order valence-electron chi connectivity index (χ1n) is 6.26. The van der Waals surface area contributed by atoms with E-state index >= 15 is 0 Å². The molecule has 0 bridgehead atoms. The summed E-state index contributed by atoms with van der Waals surface area (Å²) in [6.07, 6.45) is 0. The van der Waals surface area contributed by atoms with Gasteiger partial charge < -0.3 is 24.6 Å². The van der Waals surface area contributed by atoms with Crippen LogP contribution in [-0.2, 0) is 0 Å². The molecule has 0 fully saturated rings. The average molecular weight is 287 g/mol. The lowest BCUT2D eigenvalue weighted by Crippen LogP contribution is -2.12. The number of methoxy groups -OCH3 is 1. The van der Waals surface area contributed by atoms with Crippen molar-refractivity contribution in [2.24, 2.45) is 0 Å². The van der Waals surface area contributed by atoms with Gasteiger partial charge in [-0.25, -0.2) is 0 Å². The molecule has 1 aliphatic heterocycles. The number of fused-ring (bicyclic) bond motifs is 1. The molecule has 0 saturated heterocycles. The molecule has 6 heteroatoms. The standard InChI is InChI=1S/C15H13NO5/c1-19-12-4-2-3-10(14(12)17)15(18)16-9-5-6-11-13(7-9)21-8-20-11/h2-7,17H,8H2,1H3,(H,16,18). The van der Waals surface area contributed by atoms with E-state index in [0.717, 1.165) is 0 Å². The highest BCUT2D eigenvalue weighted by atomic mass is 16.7. The van der Waals surface area contributed by atoms with Gasteiger partial charge in [0.2, 0.25) is 6.79 Å². The van der Waals surface area contributed by atoms with Crippen LogP contribution in [-0.4, -0.2) is 24.9 Å². The van der Waals surface area contributed by atoms with Crippen LogP contribution >= 0.6 is 0 Å². The van der Waals surface area contributed by atoms with Gasteiger partial charge in [-0.1, -0.05) is 6.07 Å². The van der Waals surface area contributed by atoms with Crippen molar-refractivity contribution in [1.29, 1.82) is 0 Å². The summed E-state index contributed by atoms with van der Waals surface area (Å²) < 4.78 is 15.4. The number of phenols is 1. The SMILES string of the molecule is COc1cccc(C(=O)Nc2ccc3c(c2)OCO3)c1O. The van der Waals surface area contributed by atoms with Crippen LogP contribution in [0.3, 0.4) is 0 Å². The number of hydrogen-bond donors (Lipinski definition) is 2. The lowest BCUT2D eigenvalue weighted by Gasteiger charge is -2.09. The van der Waals surface area contributed by atoms with E-state index in [1.54, 1.807) is 30.3 Å². The maximum absolute atomic E-state index is 12.2. The second-order valence-electron chi connectivity index (χ2n) is 4.38. The highest BCUT2D eigenvalue weighted by Gasteiger charge is 2.17. The molecule has 0 unspecified atom stereocenters. The number of rotatable bonds is 3. The Bertz CT molecular complexity index is 698. The van der Waals surface area contributed by atoms with Crippen LogP contribution in [0.2, 0.25) is 0 Å². The maximum atomic E-state index is 12.2. The van der Waals surface area contributed by atoms with E-state index in [1.165, 1.54) is 13.2 Å². The van der Waals surface area contributed by atoms with Crippen molar-refractivity contribution in [3.63, 3.8) is 0 Å². The zero-order valence-corrected chi connectivity index (χ0v) is 11.3. The van der Waals surface area contributed by atoms with Crippen LogP contribution in [0.5, 0.6) is 23.0 Å². The lowest BCUT2D eigenvalue weighted by molar-refractivity contribution is 0.102. The first kappa shape index (κ1) is 13.1. The van der Waals surface area contributed by atoms with Crippen molar-refractivity contribution in [3.8, 4) is 23.0 Å². The third-order valence-electron chi connectivity index (χ3n) is 3.09. The molecule has 2 aromatic carbocycles. The van der Waals surface area contributed by atoms with Gasteiger partial charge in [-0.3, -0.25) is 4.79 Å². The minimum Gasteiger partial charge on any atom is -0.504 e. The van der Waals surface area contributed by atoms with Crippen molar-refractivity contribution < 1.29 is 24.1 Å². The first-order valence-corrected chi connectivity index (χ1v) is 6.26. The Labute approximate surface area is 120 Å². The Kier molecular flexibility index (Phi) is 3.27. The molecule has 0 saturated carbocycles. The molecule has 0 radical (unpaired) electrons. The quantitative estimate of drug-likeness (QED) is 0.906. The van der Waals surface area contributed by atoms with Gasteiger partial charge in [0.1, 0.15) is 0 Å². The summed E-state index contributed by atoms with van der Waals surface area (Å²) in [7, 11) is 1.43. The molecule has 0 aromatic heterocycles. The average Bonchev–Trinajstić information content (AvgIpc) is 2.95. The third kappa shape index (κ3) is 2.43. The number of ether oxygens (including phenoxy) is 3. The van der Waals surface area contributed by atoms with Crippen LogP contribution in [0.15, 0.2) is 36.4 Å². The van der Waals surface area contributed by atoms with E-state index in [1.807, 2.05) is 0 Å². The van der Waals surface area contributed by atoms with E-state index in [0.29, 0.717) is 17.2 Å². The summed E-state index contributed by atoms with van der Waals surface area (Å²) in [5.74, 6) is 0.816. The molecule has 1 heterocycles. The van der Waals surface area contributed by atoms with Crippen LogP contribution in [0.4, 0.5) is 5.69 Å². The van der Waals surface area contributed by atoms with E-state index in [-0.39, 0.29) is 23.9 Å². The molecule has 6 nitrogen and oxygen atoms in total. The Morgan fingerprint density at radius 2 is 2.05 bits per heavy atom. The Morgan fingerprint density at radius 3 is 2.86 bits per heavy atom. The molecule has 2 N–H and O–H groups in total. The van der Waals surface area contributed by atoms with Gasteiger partial charge in [-0.2, -0.15) is 0 Å². The topological polar surface area (TPSA) is 77.0 Å². The molecule has 1 amide bonds. The van der Waals surface area contributed by atoms with Crippen molar-refractivity contribution in [2.45, 2.75) is 0 Å². The summed E-state index contributed by atoms with van der Waals surface area (Å²) >= 11 is 0. The van der Waals surface area contributed by atoms with Crippen LogP contribution in [0, 0.1) is 0 Å². The molecule has 0 spiro atoms. The lowest BCUT2D eigenvalue weighted by atomic mass is 10.1. The number of aromatic hydroxyl groups is 1. The van der Waals surface area contributed by atoms with Gasteiger partial charge in [-0.15, -0.1) is 0 Å². The number of anilines is 1. The van der Waals surface area contributed by atoms with Crippen LogP contribution in [0.25, 0.3) is 0 Å². The molecule has 21 heavy (non-hydrogen) atoms. The van der Waals surface area contributed by atoms with Gasteiger partial charge in [0.25, 0.3) is 5.91 Å². The van der Waals surface area contributed by atoms with Gasteiger partial charge in [0.15, 0.2) is 23.0 Å². The Hall–Kier alpha value is -2.89. The molecule has 3 rings (SSSR count). The molecule has 1 aliphatic rings. The largest absolute Gasteiger partial charge is 0.504 e. The molecule has 0 aliphatic carbocycles. The van der Waals surface area contributed by atoms with Gasteiger partial charge in [-0.05, 0) is 24.3 Å². The number of amides is 1. The van der Waals surface area contributed by atoms with E-state index in [2.05, 4.69) is 5.32 Å². The molecular formula is C15H13NO5. The first-order chi connectivity index (χ1) is 10.2.